The topological polar surface area (TPSA) is 6.48 Å². The van der Waals surface area contributed by atoms with Crippen molar-refractivity contribution in [2.45, 2.75) is 31.7 Å². The number of rotatable bonds is 4. The average Bonchev–Trinajstić information content (AvgIpc) is 3.04. The highest BCUT2D eigenvalue weighted by molar-refractivity contribution is 9.10. The lowest BCUT2D eigenvalue weighted by Crippen LogP contribution is -2.49. The first-order valence-corrected chi connectivity index (χ1v) is 9.00. The van der Waals surface area contributed by atoms with Crippen molar-refractivity contribution >= 4 is 22.0 Å². The second-order valence-electron chi connectivity index (χ2n) is 6.20. The first kappa shape index (κ1) is 15.3. The number of hydrogen-bond acceptors (Lipinski definition) is 2. The number of halogens is 1. The van der Waals surface area contributed by atoms with Gasteiger partial charge in [0.05, 0.1) is 0 Å². The number of piperazine rings is 1. The van der Waals surface area contributed by atoms with Crippen LogP contribution in [-0.2, 0) is 0 Å². The molecule has 0 bridgehead atoms. The zero-order valence-electron chi connectivity index (χ0n) is 12.7. The third kappa shape index (κ3) is 4.18. The van der Waals surface area contributed by atoms with E-state index in [2.05, 4.69) is 62.1 Å². The predicted molar refractivity (Wildman–Crippen MR) is 93.4 cm³/mol. The summed E-state index contributed by atoms with van der Waals surface area (Å²) in [7, 11) is 0. The van der Waals surface area contributed by atoms with Crippen LogP contribution in [0.25, 0.3) is 6.08 Å². The predicted octanol–water partition coefficient (Wildman–Crippen LogP) is 4.02. The molecule has 1 aliphatic heterocycles. The molecule has 0 atom stereocenters. The Balaban J connectivity index is 1.44. The summed E-state index contributed by atoms with van der Waals surface area (Å²) in [5.74, 6) is 0. The van der Waals surface area contributed by atoms with Gasteiger partial charge in [-0.1, -0.05) is 59.1 Å². The Kier molecular flexibility index (Phi) is 5.50. The second-order valence-corrected chi connectivity index (χ2v) is 7.05. The van der Waals surface area contributed by atoms with E-state index in [4.69, 9.17) is 0 Å². The summed E-state index contributed by atoms with van der Waals surface area (Å²) in [6, 6.07) is 9.29. The average molecular weight is 349 g/mol. The smallest absolute Gasteiger partial charge is 0.0247 e. The van der Waals surface area contributed by atoms with Crippen LogP contribution in [0.5, 0.6) is 0 Å². The molecule has 3 rings (SSSR count). The van der Waals surface area contributed by atoms with Crippen LogP contribution < -0.4 is 0 Å². The molecule has 0 radical (unpaired) electrons. The summed E-state index contributed by atoms with van der Waals surface area (Å²) < 4.78 is 1.17. The highest BCUT2D eigenvalue weighted by Gasteiger charge is 2.25. The van der Waals surface area contributed by atoms with Crippen LogP contribution in [0.15, 0.2) is 34.8 Å². The standard InChI is InChI=1S/C18H25BrN2/c19-18-10-4-1-6-16(18)7-5-11-20-12-14-21(15-13-20)17-8-2-3-9-17/h1,4-7,10,17H,2-3,8-9,11-15H2/b7-5+. The molecule has 1 aliphatic carbocycles. The molecule has 0 spiro atoms. The summed E-state index contributed by atoms with van der Waals surface area (Å²) in [5.41, 5.74) is 1.27. The van der Waals surface area contributed by atoms with E-state index in [0.29, 0.717) is 0 Å². The van der Waals surface area contributed by atoms with E-state index in [-0.39, 0.29) is 0 Å². The maximum absolute atomic E-state index is 3.60. The van der Waals surface area contributed by atoms with E-state index in [1.807, 2.05) is 0 Å². The van der Waals surface area contributed by atoms with Gasteiger partial charge in [-0.05, 0) is 24.5 Å². The van der Waals surface area contributed by atoms with Gasteiger partial charge >= 0.3 is 0 Å². The number of hydrogen-bond donors (Lipinski definition) is 0. The van der Waals surface area contributed by atoms with E-state index in [1.165, 1.54) is 61.9 Å². The Morgan fingerprint density at radius 2 is 1.76 bits per heavy atom. The van der Waals surface area contributed by atoms with Crippen LogP contribution in [-0.4, -0.2) is 48.6 Å². The van der Waals surface area contributed by atoms with Crippen molar-refractivity contribution in [3.05, 3.63) is 40.4 Å². The summed E-state index contributed by atoms with van der Waals surface area (Å²) in [5, 5.41) is 0. The molecule has 1 saturated carbocycles. The number of nitrogens with zero attached hydrogens (tertiary/aromatic N) is 2. The SMILES string of the molecule is Brc1ccccc1/C=C/CN1CCN(C2CCCC2)CC1. The van der Waals surface area contributed by atoms with Gasteiger partial charge in [-0.3, -0.25) is 9.80 Å². The molecule has 21 heavy (non-hydrogen) atoms. The van der Waals surface area contributed by atoms with E-state index in [0.717, 1.165) is 12.6 Å². The van der Waals surface area contributed by atoms with Gasteiger partial charge in [-0.2, -0.15) is 0 Å². The van der Waals surface area contributed by atoms with Crippen molar-refractivity contribution < 1.29 is 0 Å². The Labute approximate surface area is 136 Å². The molecule has 2 aliphatic rings. The van der Waals surface area contributed by atoms with Crippen LogP contribution >= 0.6 is 15.9 Å². The van der Waals surface area contributed by atoms with Crippen molar-refractivity contribution in [3.8, 4) is 0 Å². The van der Waals surface area contributed by atoms with Crippen molar-refractivity contribution in [1.29, 1.82) is 0 Å². The maximum atomic E-state index is 3.60. The molecule has 1 aromatic carbocycles. The van der Waals surface area contributed by atoms with Crippen LogP contribution in [0, 0.1) is 0 Å². The first-order valence-electron chi connectivity index (χ1n) is 8.20. The van der Waals surface area contributed by atoms with Crippen molar-refractivity contribution in [3.63, 3.8) is 0 Å². The van der Waals surface area contributed by atoms with Gasteiger partial charge in [0.1, 0.15) is 0 Å². The summed E-state index contributed by atoms with van der Waals surface area (Å²) in [6.45, 7) is 6.02. The minimum atomic E-state index is 0.892. The second kappa shape index (κ2) is 7.57. The molecular formula is C18H25BrN2. The molecule has 0 unspecified atom stereocenters. The zero-order chi connectivity index (χ0) is 14.5. The number of benzene rings is 1. The highest BCUT2D eigenvalue weighted by atomic mass is 79.9. The van der Waals surface area contributed by atoms with Gasteiger partial charge < -0.3 is 0 Å². The quantitative estimate of drug-likeness (QED) is 0.810. The fourth-order valence-corrected chi connectivity index (χ4v) is 3.94. The minimum Gasteiger partial charge on any atom is -0.298 e. The van der Waals surface area contributed by atoms with Gasteiger partial charge in [-0.15, -0.1) is 0 Å². The maximum Gasteiger partial charge on any atom is 0.0247 e. The molecule has 1 aromatic rings. The van der Waals surface area contributed by atoms with Crippen LogP contribution in [0.2, 0.25) is 0 Å². The molecule has 2 fully saturated rings. The van der Waals surface area contributed by atoms with Crippen molar-refractivity contribution in [2.75, 3.05) is 32.7 Å². The van der Waals surface area contributed by atoms with Crippen LogP contribution in [0.1, 0.15) is 31.2 Å². The Hall–Kier alpha value is -0.640. The lowest BCUT2D eigenvalue weighted by molar-refractivity contribution is 0.105. The summed E-state index contributed by atoms with van der Waals surface area (Å²) in [4.78, 5) is 5.29. The minimum absolute atomic E-state index is 0.892. The third-order valence-corrected chi connectivity index (χ3v) is 5.54. The fourth-order valence-electron chi connectivity index (χ4n) is 3.52. The lowest BCUT2D eigenvalue weighted by atomic mass is 10.1. The first-order chi connectivity index (χ1) is 10.3. The van der Waals surface area contributed by atoms with Gasteiger partial charge in [0.15, 0.2) is 0 Å². The molecule has 114 valence electrons. The Morgan fingerprint density at radius 3 is 2.48 bits per heavy atom. The molecule has 0 aromatic heterocycles. The molecule has 1 heterocycles. The van der Waals surface area contributed by atoms with Gasteiger partial charge in [-0.25, -0.2) is 0 Å². The molecule has 0 N–H and O–H groups in total. The van der Waals surface area contributed by atoms with E-state index >= 15 is 0 Å². The Bertz CT molecular complexity index is 472. The fraction of sp³-hybridized carbons (Fsp3) is 0.556. The van der Waals surface area contributed by atoms with Crippen LogP contribution in [0.3, 0.4) is 0 Å². The highest BCUT2D eigenvalue weighted by Crippen LogP contribution is 2.24. The Morgan fingerprint density at radius 1 is 1.05 bits per heavy atom. The van der Waals surface area contributed by atoms with Gasteiger partial charge in [0, 0.05) is 43.2 Å². The summed E-state index contributed by atoms with van der Waals surface area (Å²) in [6.07, 6.45) is 10.3. The molecule has 2 nitrogen and oxygen atoms in total. The third-order valence-electron chi connectivity index (χ3n) is 4.81. The normalized spacial score (nSPS) is 22.3. The van der Waals surface area contributed by atoms with Crippen molar-refractivity contribution in [1.82, 2.24) is 9.80 Å². The van der Waals surface area contributed by atoms with Crippen LogP contribution in [0.4, 0.5) is 0 Å². The van der Waals surface area contributed by atoms with Crippen molar-refractivity contribution in [2.24, 2.45) is 0 Å². The molecule has 3 heteroatoms. The van der Waals surface area contributed by atoms with Gasteiger partial charge in [0.25, 0.3) is 0 Å². The zero-order valence-corrected chi connectivity index (χ0v) is 14.3. The van der Waals surface area contributed by atoms with E-state index < -0.39 is 0 Å². The largest absolute Gasteiger partial charge is 0.298 e. The molecule has 0 amide bonds. The van der Waals surface area contributed by atoms with E-state index in [1.54, 1.807) is 0 Å². The van der Waals surface area contributed by atoms with Gasteiger partial charge in [0.2, 0.25) is 0 Å². The lowest BCUT2D eigenvalue weighted by Gasteiger charge is -2.37. The molecular weight excluding hydrogens is 324 g/mol. The van der Waals surface area contributed by atoms with E-state index in [9.17, 15) is 0 Å². The monoisotopic (exact) mass is 348 g/mol. The summed E-state index contributed by atoms with van der Waals surface area (Å²) >= 11 is 3.60. The molecule has 1 saturated heterocycles.